The summed E-state index contributed by atoms with van der Waals surface area (Å²) in [6.45, 7) is 8.78. The molecular formula is C26H33F3N4O. The third-order valence-corrected chi connectivity index (χ3v) is 7.78. The van der Waals surface area contributed by atoms with E-state index in [1.165, 1.54) is 0 Å². The monoisotopic (exact) mass is 474 g/mol. The first kappa shape index (κ1) is 23.5. The van der Waals surface area contributed by atoms with E-state index in [4.69, 9.17) is 4.74 Å². The van der Waals surface area contributed by atoms with Gasteiger partial charge in [-0.3, -0.25) is 0 Å². The Kier molecular flexibility index (Phi) is 6.55. The zero-order chi connectivity index (χ0) is 23.9. The molecule has 2 saturated heterocycles. The molecule has 1 saturated carbocycles. The smallest absolute Gasteiger partial charge is 0.381 e. The number of anilines is 1. The number of fused-ring (bicyclic) bond motifs is 1. The summed E-state index contributed by atoms with van der Waals surface area (Å²) < 4.78 is 47.4. The fourth-order valence-corrected chi connectivity index (χ4v) is 6.10. The van der Waals surface area contributed by atoms with E-state index < -0.39 is 11.7 Å². The van der Waals surface area contributed by atoms with Crippen LogP contribution in [0.2, 0.25) is 0 Å². The van der Waals surface area contributed by atoms with Crippen molar-refractivity contribution in [1.82, 2.24) is 15.1 Å². The Balaban J connectivity index is 1.26. The van der Waals surface area contributed by atoms with Crippen molar-refractivity contribution in [1.29, 1.82) is 0 Å². The molecule has 1 aromatic carbocycles. The normalized spacial score (nSPS) is 26.1. The molecule has 1 aliphatic carbocycles. The highest BCUT2D eigenvalue weighted by Crippen LogP contribution is 2.42. The minimum atomic E-state index is -4.50. The topological polar surface area (TPSA) is 50.3 Å². The fourth-order valence-electron chi connectivity index (χ4n) is 6.10. The molecular weight excluding hydrogens is 441 g/mol. The first-order valence-corrected chi connectivity index (χ1v) is 12.4. The largest absolute Gasteiger partial charge is 0.420 e. The summed E-state index contributed by atoms with van der Waals surface area (Å²) in [5, 5.41) is 11.3. The molecule has 5 nitrogen and oxygen atoms in total. The average molecular weight is 475 g/mol. The van der Waals surface area contributed by atoms with E-state index >= 15 is 0 Å². The molecule has 2 aliphatic heterocycles. The van der Waals surface area contributed by atoms with E-state index in [9.17, 15) is 13.2 Å². The number of halogens is 3. The minimum absolute atomic E-state index is 0.00240. The second-order valence-electron chi connectivity index (χ2n) is 10.4. The van der Waals surface area contributed by atoms with Crippen LogP contribution in [0, 0.1) is 31.6 Å². The number of rotatable bonds is 5. The fraction of sp³-hybridized carbons (Fsp3) is 0.615. The number of ether oxygens (including phenoxy) is 1. The molecule has 0 radical (unpaired) electrons. The van der Waals surface area contributed by atoms with Gasteiger partial charge >= 0.3 is 6.18 Å². The number of benzene rings is 1. The van der Waals surface area contributed by atoms with Gasteiger partial charge in [-0.1, -0.05) is 23.8 Å². The molecule has 2 unspecified atom stereocenters. The summed E-state index contributed by atoms with van der Waals surface area (Å²) >= 11 is 0. The molecule has 1 N–H and O–H groups in total. The van der Waals surface area contributed by atoms with Crippen molar-refractivity contribution in [3.8, 4) is 11.3 Å². The number of aromatic nitrogens is 2. The summed E-state index contributed by atoms with van der Waals surface area (Å²) in [5.41, 5.74) is 2.13. The van der Waals surface area contributed by atoms with Gasteiger partial charge in [-0.2, -0.15) is 13.2 Å². The molecule has 0 spiro atoms. The van der Waals surface area contributed by atoms with Crippen molar-refractivity contribution < 1.29 is 17.9 Å². The van der Waals surface area contributed by atoms with Gasteiger partial charge in [0.05, 0.1) is 5.69 Å². The lowest BCUT2D eigenvalue weighted by Gasteiger charge is -2.28. The van der Waals surface area contributed by atoms with Crippen molar-refractivity contribution in [3.63, 3.8) is 0 Å². The molecule has 8 heteroatoms. The zero-order valence-corrected chi connectivity index (χ0v) is 19.9. The SMILES string of the molecule is Cc1ccc(-c2cc(C(F)(F)F)c(NC3CC4CN(CC5CCOCC5)CC4C3)nn2)c(C)c1. The molecule has 5 rings (SSSR count). The Morgan fingerprint density at radius 1 is 1.03 bits per heavy atom. The summed E-state index contributed by atoms with van der Waals surface area (Å²) in [7, 11) is 0. The van der Waals surface area contributed by atoms with Crippen LogP contribution in [-0.2, 0) is 10.9 Å². The number of aryl methyl sites for hydroxylation is 2. The lowest BCUT2D eigenvalue weighted by Crippen LogP contribution is -2.32. The Morgan fingerprint density at radius 3 is 2.38 bits per heavy atom. The Labute approximate surface area is 199 Å². The van der Waals surface area contributed by atoms with Crippen molar-refractivity contribution in [2.24, 2.45) is 17.8 Å². The molecule has 3 heterocycles. The predicted molar refractivity (Wildman–Crippen MR) is 126 cm³/mol. The van der Waals surface area contributed by atoms with Gasteiger partial charge in [0.25, 0.3) is 0 Å². The van der Waals surface area contributed by atoms with Crippen LogP contribution in [0.1, 0.15) is 42.4 Å². The van der Waals surface area contributed by atoms with Crippen LogP contribution in [-0.4, -0.2) is 54.0 Å². The molecule has 2 aromatic rings. The maximum absolute atomic E-state index is 14.0. The molecule has 184 valence electrons. The van der Waals surface area contributed by atoms with Crippen LogP contribution < -0.4 is 5.32 Å². The highest BCUT2D eigenvalue weighted by atomic mass is 19.4. The first-order chi connectivity index (χ1) is 16.3. The number of nitrogens with zero attached hydrogens (tertiary/aromatic N) is 3. The maximum Gasteiger partial charge on any atom is 0.420 e. The van der Waals surface area contributed by atoms with Crippen molar-refractivity contribution in [2.45, 2.75) is 51.7 Å². The Bertz CT molecular complexity index is 1010. The zero-order valence-electron chi connectivity index (χ0n) is 19.9. The van der Waals surface area contributed by atoms with Gasteiger partial charge < -0.3 is 15.0 Å². The van der Waals surface area contributed by atoms with Gasteiger partial charge in [-0.25, -0.2) is 0 Å². The highest BCUT2D eigenvalue weighted by molar-refractivity contribution is 5.66. The molecule has 2 atom stereocenters. The van der Waals surface area contributed by atoms with Crippen LogP contribution in [0.25, 0.3) is 11.3 Å². The van der Waals surface area contributed by atoms with E-state index in [0.29, 0.717) is 23.3 Å². The molecule has 3 fully saturated rings. The van der Waals surface area contributed by atoms with Gasteiger partial charge in [-0.05, 0) is 68.9 Å². The van der Waals surface area contributed by atoms with Crippen molar-refractivity contribution in [2.75, 3.05) is 38.2 Å². The van der Waals surface area contributed by atoms with Crippen LogP contribution in [0.15, 0.2) is 24.3 Å². The lowest BCUT2D eigenvalue weighted by atomic mass is 10.00. The highest BCUT2D eigenvalue weighted by Gasteiger charge is 2.43. The molecule has 1 aromatic heterocycles. The van der Waals surface area contributed by atoms with E-state index in [-0.39, 0.29) is 17.6 Å². The van der Waals surface area contributed by atoms with Crippen LogP contribution >= 0.6 is 0 Å². The molecule has 3 aliphatic rings. The third-order valence-electron chi connectivity index (χ3n) is 7.78. The average Bonchev–Trinajstić information content (AvgIpc) is 3.32. The van der Waals surface area contributed by atoms with E-state index in [2.05, 4.69) is 20.4 Å². The van der Waals surface area contributed by atoms with Crippen molar-refractivity contribution in [3.05, 3.63) is 41.0 Å². The van der Waals surface area contributed by atoms with E-state index in [0.717, 1.165) is 75.7 Å². The number of nitrogens with one attached hydrogen (secondary N) is 1. The maximum atomic E-state index is 14.0. The van der Waals surface area contributed by atoms with E-state index in [1.54, 1.807) is 0 Å². The molecule has 34 heavy (non-hydrogen) atoms. The predicted octanol–water partition coefficient (Wildman–Crippen LogP) is 5.33. The molecule has 0 amide bonds. The van der Waals surface area contributed by atoms with Gasteiger partial charge in [-0.15, -0.1) is 10.2 Å². The first-order valence-electron chi connectivity index (χ1n) is 12.4. The number of hydrogen-bond acceptors (Lipinski definition) is 5. The molecule has 0 bridgehead atoms. The standard InChI is InChI=1S/C26H33F3N4O/c1-16-3-4-22(17(2)9-16)24-12-23(26(27,28)29)25(32-31-24)30-21-10-19-14-33(15-20(19)11-21)13-18-5-7-34-8-6-18/h3-4,9,12,18-21H,5-8,10-11,13-15H2,1-2H3,(H,30,32). The van der Waals surface area contributed by atoms with Crippen molar-refractivity contribution >= 4 is 5.82 Å². The summed E-state index contributed by atoms with van der Waals surface area (Å²) in [6.07, 6.45) is -0.472. The Hall–Kier alpha value is -2.19. The van der Waals surface area contributed by atoms with Crippen LogP contribution in [0.3, 0.4) is 0 Å². The van der Waals surface area contributed by atoms with Gasteiger partial charge in [0, 0.05) is 44.5 Å². The minimum Gasteiger partial charge on any atom is -0.381 e. The lowest BCUT2D eigenvalue weighted by molar-refractivity contribution is -0.137. The van der Waals surface area contributed by atoms with Crippen LogP contribution in [0.4, 0.5) is 19.0 Å². The summed E-state index contributed by atoms with van der Waals surface area (Å²) in [4.78, 5) is 2.56. The van der Waals surface area contributed by atoms with Gasteiger partial charge in [0.2, 0.25) is 0 Å². The number of alkyl halides is 3. The second-order valence-corrected chi connectivity index (χ2v) is 10.4. The summed E-state index contributed by atoms with van der Waals surface area (Å²) in [5.74, 6) is 1.63. The summed E-state index contributed by atoms with van der Waals surface area (Å²) in [6, 6.07) is 6.78. The van der Waals surface area contributed by atoms with E-state index in [1.807, 2.05) is 32.0 Å². The van der Waals surface area contributed by atoms with Gasteiger partial charge in [0.1, 0.15) is 5.56 Å². The quantitative estimate of drug-likeness (QED) is 0.635. The second kappa shape index (κ2) is 9.46. The number of likely N-dealkylation sites (tertiary alicyclic amines) is 1. The number of hydrogen-bond donors (Lipinski definition) is 1. The van der Waals surface area contributed by atoms with Crippen LogP contribution in [0.5, 0.6) is 0 Å². The third kappa shape index (κ3) is 5.08. The van der Waals surface area contributed by atoms with Gasteiger partial charge in [0.15, 0.2) is 5.82 Å². The Morgan fingerprint density at radius 2 is 1.74 bits per heavy atom.